The zero-order chi connectivity index (χ0) is 18.2. The van der Waals surface area contributed by atoms with Gasteiger partial charge in [-0.2, -0.15) is 5.26 Å². The normalized spacial score (nSPS) is 15.3. The Bertz CT molecular complexity index is 641. The Kier molecular flexibility index (Phi) is 6.90. The second kappa shape index (κ2) is 9.14. The Morgan fingerprint density at radius 1 is 1.20 bits per heavy atom. The number of likely N-dealkylation sites (N-methyl/N-ethyl adjacent to an activating group) is 1. The van der Waals surface area contributed by atoms with Crippen molar-refractivity contribution in [2.24, 2.45) is 0 Å². The van der Waals surface area contributed by atoms with E-state index < -0.39 is 0 Å². The molecule has 2 amide bonds. The van der Waals surface area contributed by atoms with E-state index in [1.54, 1.807) is 16.8 Å². The quantitative estimate of drug-likeness (QED) is 0.807. The molecule has 1 aliphatic heterocycles. The van der Waals surface area contributed by atoms with Gasteiger partial charge in [0.15, 0.2) is 0 Å². The summed E-state index contributed by atoms with van der Waals surface area (Å²) in [5.41, 5.74) is 0.474. The SMILES string of the molecule is CN(CCC#N)C(=O)CN1CCCN(C(=O)c2ccc(F)cc2)CC1. The summed E-state index contributed by atoms with van der Waals surface area (Å²) in [6, 6.07) is 7.59. The molecule has 1 aliphatic rings. The summed E-state index contributed by atoms with van der Waals surface area (Å²) in [6.07, 6.45) is 1.10. The number of rotatable bonds is 5. The molecule has 1 heterocycles. The van der Waals surface area contributed by atoms with E-state index in [1.165, 1.54) is 24.3 Å². The van der Waals surface area contributed by atoms with Crippen molar-refractivity contribution < 1.29 is 14.0 Å². The molecule has 0 atom stereocenters. The number of hydrogen-bond acceptors (Lipinski definition) is 4. The number of hydrogen-bond donors (Lipinski definition) is 0. The van der Waals surface area contributed by atoms with Gasteiger partial charge in [-0.05, 0) is 30.7 Å². The van der Waals surface area contributed by atoms with Gasteiger partial charge >= 0.3 is 0 Å². The van der Waals surface area contributed by atoms with Crippen molar-refractivity contribution in [2.75, 3.05) is 46.3 Å². The predicted octanol–water partition coefficient (Wildman–Crippen LogP) is 1.35. The van der Waals surface area contributed by atoms with E-state index in [0.29, 0.717) is 44.7 Å². The van der Waals surface area contributed by atoms with Crippen LogP contribution in [0.25, 0.3) is 0 Å². The first kappa shape index (κ1) is 18.9. The van der Waals surface area contributed by atoms with Crippen LogP contribution in [0.2, 0.25) is 0 Å². The highest BCUT2D eigenvalue weighted by molar-refractivity contribution is 5.94. The van der Waals surface area contributed by atoms with E-state index in [2.05, 4.69) is 0 Å². The first-order chi connectivity index (χ1) is 12.0. The van der Waals surface area contributed by atoms with Gasteiger partial charge in [-0.3, -0.25) is 14.5 Å². The molecule has 0 aromatic heterocycles. The monoisotopic (exact) mass is 346 g/mol. The van der Waals surface area contributed by atoms with Crippen LogP contribution < -0.4 is 0 Å². The summed E-state index contributed by atoms with van der Waals surface area (Å²) in [5, 5.41) is 8.59. The van der Waals surface area contributed by atoms with Gasteiger partial charge in [0.1, 0.15) is 5.82 Å². The highest BCUT2D eigenvalue weighted by atomic mass is 19.1. The Hall–Kier alpha value is -2.46. The fraction of sp³-hybridized carbons (Fsp3) is 0.500. The van der Waals surface area contributed by atoms with Gasteiger partial charge in [0.25, 0.3) is 5.91 Å². The van der Waals surface area contributed by atoms with Crippen LogP contribution >= 0.6 is 0 Å². The molecule has 1 aromatic carbocycles. The molecule has 1 fully saturated rings. The number of benzene rings is 1. The van der Waals surface area contributed by atoms with Crippen molar-refractivity contribution in [1.82, 2.24) is 14.7 Å². The van der Waals surface area contributed by atoms with Crippen LogP contribution in [-0.4, -0.2) is 72.8 Å². The second-order valence-corrected chi connectivity index (χ2v) is 6.15. The van der Waals surface area contributed by atoms with E-state index in [4.69, 9.17) is 5.26 Å². The molecule has 6 nitrogen and oxygen atoms in total. The van der Waals surface area contributed by atoms with Gasteiger partial charge < -0.3 is 9.80 Å². The molecule has 0 bridgehead atoms. The van der Waals surface area contributed by atoms with E-state index in [0.717, 1.165) is 13.0 Å². The number of nitriles is 1. The second-order valence-electron chi connectivity index (χ2n) is 6.15. The standard InChI is InChI=1S/C18H23FN4O2/c1-21(9-2-8-20)17(24)14-22-10-3-11-23(13-12-22)18(25)15-4-6-16(19)7-5-15/h4-7H,2-3,9-14H2,1H3. The van der Waals surface area contributed by atoms with Crippen LogP contribution in [0.15, 0.2) is 24.3 Å². The van der Waals surface area contributed by atoms with Gasteiger partial charge in [0, 0.05) is 45.3 Å². The van der Waals surface area contributed by atoms with Crippen molar-refractivity contribution in [2.45, 2.75) is 12.8 Å². The molecular formula is C18H23FN4O2. The molecule has 134 valence electrons. The molecule has 0 spiro atoms. The Morgan fingerprint density at radius 2 is 1.92 bits per heavy atom. The molecule has 1 aromatic rings. The largest absolute Gasteiger partial charge is 0.344 e. The summed E-state index contributed by atoms with van der Waals surface area (Å²) < 4.78 is 13.0. The molecular weight excluding hydrogens is 323 g/mol. The van der Waals surface area contributed by atoms with E-state index in [-0.39, 0.29) is 17.6 Å². The summed E-state index contributed by atoms with van der Waals surface area (Å²) in [6.45, 7) is 3.23. The van der Waals surface area contributed by atoms with Crippen molar-refractivity contribution in [3.05, 3.63) is 35.6 Å². The third-order valence-corrected chi connectivity index (χ3v) is 4.31. The zero-order valence-corrected chi connectivity index (χ0v) is 14.4. The van der Waals surface area contributed by atoms with Gasteiger partial charge in [0.2, 0.25) is 5.91 Å². The minimum absolute atomic E-state index is 0.0199. The number of nitrogens with zero attached hydrogens (tertiary/aromatic N) is 4. The maximum Gasteiger partial charge on any atom is 0.253 e. The van der Waals surface area contributed by atoms with Crippen LogP contribution in [0.4, 0.5) is 4.39 Å². The molecule has 0 radical (unpaired) electrons. The third-order valence-electron chi connectivity index (χ3n) is 4.31. The first-order valence-electron chi connectivity index (χ1n) is 8.39. The molecule has 7 heteroatoms. The Morgan fingerprint density at radius 3 is 2.60 bits per heavy atom. The van der Waals surface area contributed by atoms with Crippen molar-refractivity contribution in [3.63, 3.8) is 0 Å². The first-order valence-corrected chi connectivity index (χ1v) is 8.39. The van der Waals surface area contributed by atoms with E-state index in [1.807, 2.05) is 11.0 Å². The van der Waals surface area contributed by atoms with Gasteiger partial charge in [-0.15, -0.1) is 0 Å². The van der Waals surface area contributed by atoms with Crippen LogP contribution in [0.5, 0.6) is 0 Å². The maximum absolute atomic E-state index is 13.0. The van der Waals surface area contributed by atoms with Crippen molar-refractivity contribution >= 4 is 11.8 Å². The smallest absolute Gasteiger partial charge is 0.253 e. The molecule has 0 aliphatic carbocycles. The van der Waals surface area contributed by atoms with E-state index >= 15 is 0 Å². The highest BCUT2D eigenvalue weighted by Crippen LogP contribution is 2.10. The molecule has 1 saturated heterocycles. The Labute approximate surface area is 147 Å². The summed E-state index contributed by atoms with van der Waals surface area (Å²) in [4.78, 5) is 30.0. The summed E-state index contributed by atoms with van der Waals surface area (Å²) in [7, 11) is 1.70. The van der Waals surface area contributed by atoms with Crippen LogP contribution in [0.1, 0.15) is 23.2 Å². The lowest BCUT2D eigenvalue weighted by Crippen LogP contribution is -2.41. The summed E-state index contributed by atoms with van der Waals surface area (Å²) >= 11 is 0. The van der Waals surface area contributed by atoms with Crippen LogP contribution in [-0.2, 0) is 4.79 Å². The predicted molar refractivity (Wildman–Crippen MR) is 91.2 cm³/mol. The molecule has 0 saturated carbocycles. The minimum Gasteiger partial charge on any atom is -0.344 e. The molecule has 2 rings (SSSR count). The number of amides is 2. The topological polar surface area (TPSA) is 67.7 Å². The van der Waals surface area contributed by atoms with Crippen molar-refractivity contribution in [3.8, 4) is 6.07 Å². The fourth-order valence-corrected chi connectivity index (χ4v) is 2.76. The lowest BCUT2D eigenvalue weighted by atomic mass is 10.2. The molecule has 0 N–H and O–H groups in total. The Balaban J connectivity index is 1.87. The lowest BCUT2D eigenvalue weighted by Gasteiger charge is -2.24. The highest BCUT2D eigenvalue weighted by Gasteiger charge is 2.22. The van der Waals surface area contributed by atoms with Gasteiger partial charge in [0.05, 0.1) is 19.0 Å². The average Bonchev–Trinajstić information content (AvgIpc) is 2.85. The summed E-state index contributed by atoms with van der Waals surface area (Å²) in [5.74, 6) is -0.495. The van der Waals surface area contributed by atoms with E-state index in [9.17, 15) is 14.0 Å². The lowest BCUT2D eigenvalue weighted by molar-refractivity contribution is -0.131. The molecule has 0 unspecified atom stereocenters. The minimum atomic E-state index is -0.363. The van der Waals surface area contributed by atoms with Gasteiger partial charge in [-0.1, -0.05) is 0 Å². The number of carbonyl (C=O) groups excluding carboxylic acids is 2. The molecule has 25 heavy (non-hydrogen) atoms. The third kappa shape index (κ3) is 5.54. The van der Waals surface area contributed by atoms with Crippen LogP contribution in [0, 0.1) is 17.1 Å². The maximum atomic E-state index is 13.0. The zero-order valence-electron chi connectivity index (χ0n) is 14.4. The number of carbonyl (C=O) groups is 2. The average molecular weight is 346 g/mol. The van der Waals surface area contributed by atoms with Crippen molar-refractivity contribution in [1.29, 1.82) is 5.26 Å². The number of halogens is 1. The van der Waals surface area contributed by atoms with Gasteiger partial charge in [-0.25, -0.2) is 4.39 Å². The fourth-order valence-electron chi connectivity index (χ4n) is 2.76. The van der Waals surface area contributed by atoms with Crippen LogP contribution in [0.3, 0.4) is 0 Å².